The number of hydrogen-bond acceptors (Lipinski definition) is 2. The Balaban J connectivity index is 2.50. The SMILES string of the molecule is N/C(=N\O)C1(c2cc(F)ccc2Cl)CC1. The fourth-order valence-electron chi connectivity index (χ4n) is 1.75. The smallest absolute Gasteiger partial charge is 0.149 e. The molecule has 2 rings (SSSR count). The fourth-order valence-corrected chi connectivity index (χ4v) is 2.05. The maximum absolute atomic E-state index is 13.1. The van der Waals surface area contributed by atoms with E-state index in [2.05, 4.69) is 5.16 Å². The van der Waals surface area contributed by atoms with Crippen molar-refractivity contribution >= 4 is 17.4 Å². The van der Waals surface area contributed by atoms with E-state index >= 15 is 0 Å². The van der Waals surface area contributed by atoms with E-state index in [-0.39, 0.29) is 11.7 Å². The van der Waals surface area contributed by atoms with Gasteiger partial charge in [0.05, 0.1) is 5.41 Å². The fraction of sp³-hybridized carbons (Fsp3) is 0.300. The topological polar surface area (TPSA) is 58.6 Å². The number of benzene rings is 1. The predicted molar refractivity (Wildman–Crippen MR) is 55.7 cm³/mol. The van der Waals surface area contributed by atoms with E-state index in [0.717, 1.165) is 12.8 Å². The Kier molecular flexibility index (Phi) is 2.31. The van der Waals surface area contributed by atoms with Crippen LogP contribution in [0.3, 0.4) is 0 Å². The third kappa shape index (κ3) is 1.55. The van der Waals surface area contributed by atoms with E-state index in [4.69, 9.17) is 22.5 Å². The predicted octanol–water partition coefficient (Wildman–Crippen LogP) is 2.26. The lowest BCUT2D eigenvalue weighted by atomic mass is 9.94. The average Bonchev–Trinajstić information content (AvgIpc) is 3.01. The van der Waals surface area contributed by atoms with E-state index in [0.29, 0.717) is 10.6 Å². The normalized spacial score (nSPS) is 18.9. The maximum Gasteiger partial charge on any atom is 0.149 e. The van der Waals surface area contributed by atoms with Gasteiger partial charge in [-0.3, -0.25) is 0 Å². The van der Waals surface area contributed by atoms with Gasteiger partial charge in [-0.15, -0.1) is 0 Å². The number of halogens is 2. The molecule has 1 saturated carbocycles. The van der Waals surface area contributed by atoms with Crippen molar-refractivity contribution in [2.75, 3.05) is 0 Å². The van der Waals surface area contributed by atoms with Gasteiger partial charge in [-0.2, -0.15) is 0 Å². The van der Waals surface area contributed by atoms with Gasteiger partial charge in [-0.05, 0) is 36.6 Å². The highest BCUT2D eigenvalue weighted by atomic mass is 35.5. The standard InChI is InChI=1S/C10H10ClFN2O/c11-8-2-1-6(12)5-7(8)10(3-4-10)9(13)14-15/h1-2,5,15H,3-4H2,(H2,13,14). The third-order valence-corrected chi connectivity index (χ3v) is 3.12. The average molecular weight is 229 g/mol. The Morgan fingerprint density at radius 1 is 1.53 bits per heavy atom. The Bertz CT molecular complexity index is 429. The van der Waals surface area contributed by atoms with Crippen LogP contribution in [0.1, 0.15) is 18.4 Å². The number of amidine groups is 1. The minimum absolute atomic E-state index is 0.0926. The van der Waals surface area contributed by atoms with Crippen LogP contribution in [0.25, 0.3) is 0 Å². The van der Waals surface area contributed by atoms with Gasteiger partial charge >= 0.3 is 0 Å². The van der Waals surface area contributed by atoms with Crippen LogP contribution in [0.15, 0.2) is 23.4 Å². The van der Waals surface area contributed by atoms with Gasteiger partial charge in [0.15, 0.2) is 0 Å². The Morgan fingerprint density at radius 3 is 2.73 bits per heavy atom. The molecule has 0 heterocycles. The summed E-state index contributed by atoms with van der Waals surface area (Å²) < 4.78 is 13.1. The second-order valence-corrected chi connectivity index (χ2v) is 4.10. The van der Waals surface area contributed by atoms with E-state index in [1.807, 2.05) is 0 Å². The van der Waals surface area contributed by atoms with Gasteiger partial charge in [0.1, 0.15) is 11.7 Å². The van der Waals surface area contributed by atoms with E-state index in [1.54, 1.807) is 0 Å². The molecule has 0 bridgehead atoms. The molecule has 1 aromatic rings. The molecule has 0 unspecified atom stereocenters. The first-order valence-electron chi connectivity index (χ1n) is 4.54. The van der Waals surface area contributed by atoms with Crippen molar-refractivity contribution < 1.29 is 9.60 Å². The summed E-state index contributed by atoms with van der Waals surface area (Å²) in [6, 6.07) is 4.11. The van der Waals surface area contributed by atoms with Crippen molar-refractivity contribution in [3.05, 3.63) is 34.6 Å². The molecule has 1 aromatic carbocycles. The van der Waals surface area contributed by atoms with Crippen molar-refractivity contribution in [2.45, 2.75) is 18.3 Å². The first-order valence-corrected chi connectivity index (χ1v) is 4.91. The molecule has 1 fully saturated rings. The summed E-state index contributed by atoms with van der Waals surface area (Å²) in [6.07, 6.45) is 1.46. The van der Waals surface area contributed by atoms with E-state index in [9.17, 15) is 4.39 Å². The van der Waals surface area contributed by atoms with Crippen molar-refractivity contribution in [3.63, 3.8) is 0 Å². The molecule has 1 aliphatic carbocycles. The molecule has 5 heteroatoms. The summed E-state index contributed by atoms with van der Waals surface area (Å²) in [4.78, 5) is 0. The van der Waals surface area contributed by atoms with Gasteiger partial charge in [0.2, 0.25) is 0 Å². The second-order valence-electron chi connectivity index (χ2n) is 3.69. The summed E-state index contributed by atoms with van der Waals surface area (Å²) in [5, 5.41) is 12.1. The molecule has 0 radical (unpaired) electrons. The van der Waals surface area contributed by atoms with Gasteiger partial charge in [-0.25, -0.2) is 4.39 Å². The van der Waals surface area contributed by atoms with Crippen LogP contribution in [0.2, 0.25) is 5.02 Å². The first kappa shape index (κ1) is 10.2. The van der Waals surface area contributed by atoms with Crippen molar-refractivity contribution in [1.29, 1.82) is 0 Å². The number of nitrogens with zero attached hydrogens (tertiary/aromatic N) is 1. The quantitative estimate of drug-likeness (QED) is 0.353. The van der Waals surface area contributed by atoms with Gasteiger partial charge in [0, 0.05) is 5.02 Å². The Hall–Kier alpha value is -1.29. The van der Waals surface area contributed by atoms with E-state index in [1.165, 1.54) is 18.2 Å². The molecule has 0 atom stereocenters. The lowest BCUT2D eigenvalue weighted by Crippen LogP contribution is -2.29. The van der Waals surface area contributed by atoms with E-state index < -0.39 is 5.41 Å². The highest BCUT2D eigenvalue weighted by molar-refractivity contribution is 6.32. The van der Waals surface area contributed by atoms with Gasteiger partial charge < -0.3 is 10.9 Å². The van der Waals surface area contributed by atoms with Gasteiger partial charge in [0.25, 0.3) is 0 Å². The second kappa shape index (κ2) is 3.38. The summed E-state index contributed by atoms with van der Waals surface area (Å²) in [7, 11) is 0. The van der Waals surface area contributed by atoms with Crippen molar-refractivity contribution in [2.24, 2.45) is 10.9 Å². The van der Waals surface area contributed by atoms with Crippen molar-refractivity contribution in [3.8, 4) is 0 Å². The molecule has 80 valence electrons. The molecule has 3 nitrogen and oxygen atoms in total. The van der Waals surface area contributed by atoms with Crippen LogP contribution in [-0.4, -0.2) is 11.0 Å². The zero-order valence-corrected chi connectivity index (χ0v) is 8.63. The highest BCUT2D eigenvalue weighted by Gasteiger charge is 2.50. The van der Waals surface area contributed by atoms with Crippen LogP contribution >= 0.6 is 11.6 Å². The molecular weight excluding hydrogens is 219 g/mol. The number of oxime groups is 1. The zero-order valence-electron chi connectivity index (χ0n) is 7.87. The number of nitrogens with two attached hydrogens (primary N) is 1. The maximum atomic E-state index is 13.1. The lowest BCUT2D eigenvalue weighted by molar-refractivity contribution is 0.315. The molecule has 0 amide bonds. The van der Waals surface area contributed by atoms with Crippen LogP contribution < -0.4 is 5.73 Å². The molecule has 1 aliphatic rings. The largest absolute Gasteiger partial charge is 0.409 e. The summed E-state index contributed by atoms with van der Waals surface area (Å²) in [5.74, 6) is -0.276. The monoisotopic (exact) mass is 228 g/mol. The molecule has 3 N–H and O–H groups in total. The highest BCUT2D eigenvalue weighted by Crippen LogP contribution is 2.50. The summed E-state index contributed by atoms with van der Waals surface area (Å²) >= 11 is 5.96. The van der Waals surface area contributed by atoms with Crippen LogP contribution in [-0.2, 0) is 5.41 Å². The van der Waals surface area contributed by atoms with Crippen LogP contribution in [0, 0.1) is 5.82 Å². The van der Waals surface area contributed by atoms with Crippen molar-refractivity contribution in [1.82, 2.24) is 0 Å². The first-order chi connectivity index (χ1) is 7.10. The zero-order chi connectivity index (χ0) is 11.1. The molecule has 0 spiro atoms. The number of hydrogen-bond donors (Lipinski definition) is 2. The minimum Gasteiger partial charge on any atom is -0.409 e. The molecule has 0 aliphatic heterocycles. The lowest BCUT2D eigenvalue weighted by Gasteiger charge is -2.15. The molecule has 0 aromatic heterocycles. The summed E-state index contributed by atoms with van der Waals surface area (Å²) in [6.45, 7) is 0. The third-order valence-electron chi connectivity index (χ3n) is 2.79. The van der Waals surface area contributed by atoms with Crippen LogP contribution in [0.5, 0.6) is 0 Å². The molecule has 15 heavy (non-hydrogen) atoms. The Morgan fingerprint density at radius 2 is 2.20 bits per heavy atom. The minimum atomic E-state index is -0.562. The van der Waals surface area contributed by atoms with Crippen LogP contribution in [0.4, 0.5) is 4.39 Å². The summed E-state index contributed by atoms with van der Waals surface area (Å²) in [5.41, 5.74) is 5.62. The van der Waals surface area contributed by atoms with Gasteiger partial charge in [-0.1, -0.05) is 16.8 Å². The Labute approximate surface area is 91.3 Å². The number of rotatable bonds is 2. The molecule has 0 saturated heterocycles. The molecular formula is C10H10ClFN2O.